The lowest BCUT2D eigenvalue weighted by Crippen LogP contribution is -2.23. The smallest absolute Gasteiger partial charge is 0.213 e. The molecule has 1 atom stereocenters. The molecule has 7 heteroatoms. The number of aromatic nitrogens is 2. The van der Waals surface area contributed by atoms with Crippen LogP contribution in [-0.2, 0) is 12.8 Å². The molecule has 0 spiro atoms. The minimum Gasteiger partial charge on any atom is -0.486 e. The number of pyridine rings is 2. The predicted molar refractivity (Wildman–Crippen MR) is 131 cm³/mol. The van der Waals surface area contributed by atoms with Crippen molar-refractivity contribution in [2.75, 3.05) is 40.0 Å². The summed E-state index contributed by atoms with van der Waals surface area (Å²) in [5.74, 6) is 2.77. The Hall–Kier alpha value is -2.93. The van der Waals surface area contributed by atoms with Crippen LogP contribution < -0.4 is 14.2 Å². The first kappa shape index (κ1) is 24.2. The Morgan fingerprint density at radius 3 is 2.68 bits per heavy atom. The van der Waals surface area contributed by atoms with Crippen molar-refractivity contribution in [3.63, 3.8) is 0 Å². The van der Waals surface area contributed by atoms with Crippen molar-refractivity contribution in [3.8, 4) is 17.4 Å². The van der Waals surface area contributed by atoms with Gasteiger partial charge in [-0.1, -0.05) is 26.3 Å². The second-order valence-electron chi connectivity index (χ2n) is 8.75. The van der Waals surface area contributed by atoms with Gasteiger partial charge in [0.15, 0.2) is 11.5 Å². The third kappa shape index (κ3) is 5.76. The van der Waals surface area contributed by atoms with Crippen LogP contribution in [0.15, 0.2) is 36.5 Å². The molecule has 0 N–H and O–H groups in total. The fourth-order valence-corrected chi connectivity index (χ4v) is 4.46. The van der Waals surface area contributed by atoms with Crippen LogP contribution in [0.4, 0.5) is 4.39 Å². The molecule has 2 aliphatic heterocycles. The highest BCUT2D eigenvalue weighted by Gasteiger charge is 2.21. The highest BCUT2D eigenvalue weighted by Crippen LogP contribution is 2.30. The number of likely N-dealkylation sites (tertiary alicyclic amines) is 1. The van der Waals surface area contributed by atoms with Gasteiger partial charge < -0.3 is 19.1 Å². The molecular weight excluding hydrogens is 433 g/mol. The summed E-state index contributed by atoms with van der Waals surface area (Å²) in [5, 5.41) is 0. The Labute approximate surface area is 201 Å². The number of halogens is 1. The molecule has 6 nitrogen and oxygen atoms in total. The summed E-state index contributed by atoms with van der Waals surface area (Å²) >= 11 is 0. The van der Waals surface area contributed by atoms with Crippen molar-refractivity contribution < 1.29 is 18.6 Å². The third-order valence-corrected chi connectivity index (χ3v) is 6.59. The van der Waals surface area contributed by atoms with E-state index in [4.69, 9.17) is 14.2 Å². The lowest BCUT2D eigenvalue weighted by atomic mass is 10.1. The summed E-state index contributed by atoms with van der Waals surface area (Å²) in [6, 6.07) is 9.69. The largest absolute Gasteiger partial charge is 0.486 e. The average Bonchev–Trinajstić information content (AvgIpc) is 3.36. The van der Waals surface area contributed by atoms with E-state index >= 15 is 0 Å². The van der Waals surface area contributed by atoms with Gasteiger partial charge in [-0.15, -0.1) is 0 Å². The van der Waals surface area contributed by atoms with Crippen molar-refractivity contribution in [1.82, 2.24) is 14.9 Å². The molecular formula is C27H34FN3O3. The van der Waals surface area contributed by atoms with E-state index in [9.17, 15) is 4.39 Å². The number of rotatable bonds is 6. The molecule has 0 saturated carbocycles. The number of fused-ring (bicyclic) bond motifs is 2. The van der Waals surface area contributed by atoms with Crippen LogP contribution in [0.2, 0.25) is 0 Å². The van der Waals surface area contributed by atoms with E-state index in [1.165, 1.54) is 24.6 Å². The quantitative estimate of drug-likeness (QED) is 0.504. The maximum Gasteiger partial charge on any atom is 0.213 e. The Bertz CT molecular complexity index is 1110. The molecule has 1 saturated heterocycles. The average molecular weight is 468 g/mol. The fourth-order valence-electron chi connectivity index (χ4n) is 4.46. The standard InChI is InChI=1S/C17H22FN3O.C10H12O2/c1-3-12-6-8-21(11-12)9-7-13-14(18)10-19-15-4-5-16(22-2)20-17(13)15;1-2-8-3-4-9-10(7-8)12-6-5-11-9/h4-5,10,12H,3,6-9,11H2,1-2H3;3-4,7H,2,5-6H2,1H3. The monoisotopic (exact) mass is 467 g/mol. The molecule has 1 fully saturated rings. The van der Waals surface area contributed by atoms with Crippen molar-refractivity contribution in [1.29, 1.82) is 0 Å². The van der Waals surface area contributed by atoms with Gasteiger partial charge in [-0.05, 0) is 55.5 Å². The zero-order valence-electron chi connectivity index (χ0n) is 20.3. The van der Waals surface area contributed by atoms with Crippen LogP contribution in [0.1, 0.15) is 37.8 Å². The number of hydrogen-bond acceptors (Lipinski definition) is 6. The van der Waals surface area contributed by atoms with Gasteiger partial charge >= 0.3 is 0 Å². The van der Waals surface area contributed by atoms with Crippen molar-refractivity contribution in [3.05, 3.63) is 53.5 Å². The Morgan fingerprint density at radius 2 is 1.94 bits per heavy atom. The number of aryl methyl sites for hydroxylation is 1. The third-order valence-electron chi connectivity index (χ3n) is 6.59. The maximum absolute atomic E-state index is 14.2. The molecule has 0 radical (unpaired) electrons. The Balaban J connectivity index is 0.000000192. The lowest BCUT2D eigenvalue weighted by molar-refractivity contribution is 0.171. The normalized spacial score (nSPS) is 17.4. The SMILES string of the molecule is CCC1CCN(CCc2c(F)cnc3ccc(OC)nc23)C1.CCc1ccc2c(c1)OCCO2. The van der Waals surface area contributed by atoms with Gasteiger partial charge in [-0.25, -0.2) is 9.37 Å². The van der Waals surface area contributed by atoms with Gasteiger partial charge in [0.1, 0.15) is 19.0 Å². The number of hydrogen-bond donors (Lipinski definition) is 0. The summed E-state index contributed by atoms with van der Waals surface area (Å²) in [5.41, 5.74) is 3.26. The summed E-state index contributed by atoms with van der Waals surface area (Å²) in [7, 11) is 1.57. The van der Waals surface area contributed by atoms with Gasteiger partial charge in [0.2, 0.25) is 5.88 Å². The molecule has 0 amide bonds. The number of nitrogens with zero attached hydrogens (tertiary/aromatic N) is 3. The van der Waals surface area contributed by atoms with Crippen molar-refractivity contribution in [2.24, 2.45) is 5.92 Å². The molecule has 0 aliphatic carbocycles. The molecule has 5 rings (SSSR count). The lowest BCUT2D eigenvalue weighted by Gasteiger charge is -2.18. The van der Waals surface area contributed by atoms with Crippen LogP contribution in [0.25, 0.3) is 11.0 Å². The summed E-state index contributed by atoms with van der Waals surface area (Å²) in [6.07, 6.45) is 5.46. The minimum atomic E-state index is -0.278. The van der Waals surface area contributed by atoms with Gasteiger partial charge in [-0.3, -0.25) is 4.98 Å². The van der Waals surface area contributed by atoms with Gasteiger partial charge in [0, 0.05) is 24.7 Å². The van der Waals surface area contributed by atoms with Gasteiger partial charge in [0.25, 0.3) is 0 Å². The van der Waals surface area contributed by atoms with E-state index in [2.05, 4.69) is 40.8 Å². The molecule has 182 valence electrons. The topological polar surface area (TPSA) is 56.7 Å². The first-order chi connectivity index (χ1) is 16.6. The zero-order valence-corrected chi connectivity index (χ0v) is 20.3. The summed E-state index contributed by atoms with van der Waals surface area (Å²) < 4.78 is 30.2. The fraction of sp³-hybridized carbons (Fsp3) is 0.481. The summed E-state index contributed by atoms with van der Waals surface area (Å²) in [4.78, 5) is 10.9. The van der Waals surface area contributed by atoms with E-state index in [1.54, 1.807) is 13.2 Å². The van der Waals surface area contributed by atoms with E-state index in [1.807, 2.05) is 12.1 Å². The molecule has 2 aromatic heterocycles. The first-order valence-electron chi connectivity index (χ1n) is 12.2. The second-order valence-corrected chi connectivity index (χ2v) is 8.75. The van der Waals surface area contributed by atoms with Gasteiger partial charge in [-0.2, -0.15) is 0 Å². The zero-order chi connectivity index (χ0) is 23.9. The highest BCUT2D eigenvalue weighted by atomic mass is 19.1. The van der Waals surface area contributed by atoms with E-state index < -0.39 is 0 Å². The van der Waals surface area contributed by atoms with Crippen LogP contribution >= 0.6 is 0 Å². The molecule has 2 aliphatic rings. The highest BCUT2D eigenvalue weighted by molar-refractivity contribution is 5.78. The van der Waals surface area contributed by atoms with Crippen molar-refractivity contribution in [2.45, 2.75) is 39.5 Å². The van der Waals surface area contributed by atoms with E-state index in [-0.39, 0.29) is 5.82 Å². The van der Waals surface area contributed by atoms with Crippen molar-refractivity contribution >= 4 is 11.0 Å². The minimum absolute atomic E-state index is 0.278. The summed E-state index contributed by atoms with van der Waals surface area (Å²) in [6.45, 7) is 8.80. The Morgan fingerprint density at radius 1 is 1.12 bits per heavy atom. The molecule has 0 bridgehead atoms. The second kappa shape index (κ2) is 11.5. The Kier molecular flexibility index (Phi) is 8.16. The van der Waals surface area contributed by atoms with Crippen LogP contribution in [-0.4, -0.2) is 54.8 Å². The van der Waals surface area contributed by atoms with E-state index in [0.717, 1.165) is 43.5 Å². The first-order valence-corrected chi connectivity index (χ1v) is 12.2. The molecule has 4 heterocycles. The van der Waals surface area contributed by atoms with E-state index in [0.29, 0.717) is 42.1 Å². The molecule has 1 aromatic carbocycles. The van der Waals surface area contributed by atoms with Crippen LogP contribution in [0.5, 0.6) is 17.4 Å². The molecule has 34 heavy (non-hydrogen) atoms. The van der Waals surface area contributed by atoms with Gasteiger partial charge in [0.05, 0.1) is 24.3 Å². The molecule has 1 unspecified atom stereocenters. The number of ether oxygens (including phenoxy) is 3. The maximum atomic E-state index is 14.2. The number of benzene rings is 1. The predicted octanol–water partition coefficient (Wildman–Crippen LogP) is 5.07. The number of methoxy groups -OCH3 is 1. The van der Waals surface area contributed by atoms with Crippen LogP contribution in [0, 0.1) is 11.7 Å². The van der Waals surface area contributed by atoms with Crippen LogP contribution in [0.3, 0.4) is 0 Å². The molecule has 3 aromatic rings.